The van der Waals surface area contributed by atoms with E-state index in [1.165, 1.54) is 0 Å². The maximum Gasteiger partial charge on any atom is 0.328 e. The van der Waals surface area contributed by atoms with Crippen molar-refractivity contribution in [2.24, 2.45) is 0 Å². The van der Waals surface area contributed by atoms with Crippen molar-refractivity contribution in [3.05, 3.63) is 58.9 Å². The zero-order valence-corrected chi connectivity index (χ0v) is 18.1. The maximum atomic E-state index is 12.7. The molecule has 1 heterocycles. The van der Waals surface area contributed by atoms with Crippen molar-refractivity contribution in [1.82, 2.24) is 20.9 Å². The highest BCUT2D eigenvalue weighted by atomic mass is 16.5. The molecule has 0 spiro atoms. The van der Waals surface area contributed by atoms with Gasteiger partial charge in [0.2, 0.25) is 0 Å². The van der Waals surface area contributed by atoms with Gasteiger partial charge in [0.1, 0.15) is 11.8 Å². The number of benzene rings is 1. The van der Waals surface area contributed by atoms with Crippen molar-refractivity contribution in [3.8, 4) is 5.75 Å². The quantitative estimate of drug-likeness (QED) is 0.484. The average Bonchev–Trinajstić information content (AvgIpc) is 2.69. The number of urea groups is 1. The van der Waals surface area contributed by atoms with E-state index in [-0.39, 0.29) is 19.2 Å². The molecule has 9 heteroatoms. The number of carbonyl (C=O) groups is 3. The van der Waals surface area contributed by atoms with Crippen LogP contribution in [0.25, 0.3) is 0 Å². The fourth-order valence-corrected chi connectivity index (χ4v) is 2.99. The first kappa shape index (κ1) is 23.7. The third-order valence-corrected chi connectivity index (χ3v) is 4.38. The Labute approximate surface area is 181 Å². The largest absolute Gasteiger partial charge is 0.491 e. The summed E-state index contributed by atoms with van der Waals surface area (Å²) >= 11 is 0. The number of amides is 3. The average molecular weight is 428 g/mol. The Bertz CT molecular complexity index is 908. The number of rotatable bonds is 9. The number of hydrogen-bond acceptors (Lipinski definition) is 5. The molecule has 0 bridgehead atoms. The van der Waals surface area contributed by atoms with E-state index in [1.54, 1.807) is 50.5 Å². The maximum absolute atomic E-state index is 12.7. The summed E-state index contributed by atoms with van der Waals surface area (Å²) in [4.78, 5) is 40.2. The number of aromatic nitrogens is 1. The number of carboxylic acid groups (broad SMARTS) is 1. The van der Waals surface area contributed by atoms with Crippen molar-refractivity contribution in [3.63, 3.8) is 0 Å². The fourth-order valence-electron chi connectivity index (χ4n) is 2.99. The minimum Gasteiger partial charge on any atom is -0.491 e. The first-order valence-electron chi connectivity index (χ1n) is 9.89. The predicted molar refractivity (Wildman–Crippen MR) is 115 cm³/mol. The van der Waals surface area contributed by atoms with Crippen LogP contribution in [-0.2, 0) is 11.3 Å². The molecule has 1 aromatic heterocycles. The van der Waals surface area contributed by atoms with Gasteiger partial charge in [0.15, 0.2) is 0 Å². The summed E-state index contributed by atoms with van der Waals surface area (Å²) in [5, 5.41) is 17.0. The topological polar surface area (TPSA) is 130 Å². The molecule has 3 amide bonds. The smallest absolute Gasteiger partial charge is 0.328 e. The van der Waals surface area contributed by atoms with Crippen molar-refractivity contribution >= 4 is 17.9 Å². The van der Waals surface area contributed by atoms with Crippen molar-refractivity contribution < 1.29 is 24.2 Å². The van der Waals surface area contributed by atoms with Gasteiger partial charge in [-0.1, -0.05) is 0 Å². The summed E-state index contributed by atoms with van der Waals surface area (Å²) in [7, 11) is 0. The molecule has 0 saturated heterocycles. The Morgan fingerprint density at radius 2 is 1.68 bits per heavy atom. The van der Waals surface area contributed by atoms with Crippen LogP contribution >= 0.6 is 0 Å². The second-order valence-corrected chi connectivity index (χ2v) is 7.38. The van der Waals surface area contributed by atoms with E-state index >= 15 is 0 Å². The van der Waals surface area contributed by atoms with Crippen LogP contribution in [0.5, 0.6) is 5.75 Å². The molecular formula is C22H28N4O5. The fraction of sp³-hybridized carbons (Fsp3) is 0.364. The Morgan fingerprint density at radius 1 is 1.06 bits per heavy atom. The summed E-state index contributed by atoms with van der Waals surface area (Å²) in [6.07, 6.45) is 3.21. The minimum atomic E-state index is -1.29. The molecule has 0 radical (unpaired) electrons. The molecule has 0 aliphatic heterocycles. The lowest BCUT2D eigenvalue weighted by molar-refractivity contribution is -0.139. The van der Waals surface area contributed by atoms with Crippen LogP contribution < -0.4 is 20.7 Å². The van der Waals surface area contributed by atoms with Crippen LogP contribution in [0.1, 0.15) is 40.9 Å². The molecular weight excluding hydrogens is 400 g/mol. The third kappa shape index (κ3) is 7.29. The number of pyridine rings is 1. The molecule has 9 nitrogen and oxygen atoms in total. The van der Waals surface area contributed by atoms with Crippen molar-refractivity contribution in [2.75, 3.05) is 6.54 Å². The lowest BCUT2D eigenvalue weighted by Gasteiger charge is -2.19. The van der Waals surface area contributed by atoms with Gasteiger partial charge in [-0.2, -0.15) is 0 Å². The zero-order chi connectivity index (χ0) is 23.0. The third-order valence-electron chi connectivity index (χ3n) is 4.38. The highest BCUT2D eigenvalue weighted by Gasteiger charge is 2.23. The predicted octanol–water partition coefficient (Wildman–Crippen LogP) is 2.17. The highest BCUT2D eigenvalue weighted by Crippen LogP contribution is 2.23. The van der Waals surface area contributed by atoms with E-state index < -0.39 is 23.9 Å². The summed E-state index contributed by atoms with van der Waals surface area (Å²) in [6, 6.07) is 5.15. The van der Waals surface area contributed by atoms with Crippen LogP contribution in [0.2, 0.25) is 0 Å². The summed E-state index contributed by atoms with van der Waals surface area (Å²) < 4.78 is 5.67. The summed E-state index contributed by atoms with van der Waals surface area (Å²) in [5.74, 6) is -1.14. The van der Waals surface area contributed by atoms with Gasteiger partial charge in [0.05, 0.1) is 12.6 Å². The molecule has 1 aromatic carbocycles. The van der Waals surface area contributed by atoms with Crippen LogP contribution in [0, 0.1) is 13.8 Å². The van der Waals surface area contributed by atoms with Gasteiger partial charge in [-0.25, -0.2) is 9.59 Å². The van der Waals surface area contributed by atoms with E-state index in [2.05, 4.69) is 20.9 Å². The molecule has 0 saturated carbocycles. The first-order chi connectivity index (χ1) is 14.7. The number of aryl methyl sites for hydroxylation is 2. The molecule has 4 N–H and O–H groups in total. The standard InChI is InChI=1S/C22H28N4O5/c1-13(2)31-17-9-14(3)19(15(4)10-17)20(27)26-18(21(28)29)12-25-22(30)24-11-16-5-7-23-8-6-16/h5-10,13,18H,11-12H2,1-4H3,(H,26,27)(H,28,29)(H2,24,25,30)/t18-/m0/s1. The number of nitrogens with one attached hydrogen (secondary N) is 3. The van der Waals surface area contributed by atoms with E-state index in [4.69, 9.17) is 4.74 Å². The summed E-state index contributed by atoms with van der Waals surface area (Å²) in [6.45, 7) is 7.33. The van der Waals surface area contributed by atoms with Gasteiger partial charge >= 0.3 is 12.0 Å². The zero-order valence-electron chi connectivity index (χ0n) is 18.1. The number of ether oxygens (including phenoxy) is 1. The van der Waals surface area contributed by atoms with E-state index in [1.807, 2.05) is 13.8 Å². The summed E-state index contributed by atoms with van der Waals surface area (Å²) in [5.41, 5.74) is 2.56. The van der Waals surface area contributed by atoms with Crippen molar-refractivity contribution in [2.45, 2.75) is 46.4 Å². The van der Waals surface area contributed by atoms with Crippen molar-refractivity contribution in [1.29, 1.82) is 0 Å². The molecule has 1 atom stereocenters. The van der Waals surface area contributed by atoms with Gasteiger partial charge in [-0.3, -0.25) is 9.78 Å². The normalized spacial score (nSPS) is 11.5. The van der Waals surface area contributed by atoms with Gasteiger partial charge < -0.3 is 25.8 Å². The first-order valence-corrected chi connectivity index (χ1v) is 9.89. The highest BCUT2D eigenvalue weighted by molar-refractivity contribution is 5.99. The van der Waals surface area contributed by atoms with E-state index in [9.17, 15) is 19.5 Å². The number of hydrogen-bond donors (Lipinski definition) is 4. The van der Waals surface area contributed by atoms with E-state index in [0.29, 0.717) is 22.4 Å². The van der Waals surface area contributed by atoms with Gasteiger partial charge in [0, 0.05) is 24.5 Å². The van der Waals surface area contributed by atoms with Crippen LogP contribution in [0.3, 0.4) is 0 Å². The number of carboxylic acids is 1. The number of aliphatic carboxylic acids is 1. The Balaban J connectivity index is 1.97. The number of nitrogens with zero attached hydrogens (tertiary/aromatic N) is 1. The molecule has 2 rings (SSSR count). The lowest BCUT2D eigenvalue weighted by Crippen LogP contribution is -2.50. The molecule has 0 aliphatic rings. The second-order valence-electron chi connectivity index (χ2n) is 7.38. The van der Waals surface area contributed by atoms with Gasteiger partial charge in [-0.05, 0) is 68.7 Å². The SMILES string of the molecule is Cc1cc(OC(C)C)cc(C)c1C(=O)N[C@@H](CNC(=O)NCc1ccncc1)C(=O)O. The second kappa shape index (κ2) is 11.0. The Kier molecular flexibility index (Phi) is 8.36. The number of carbonyl (C=O) groups excluding carboxylic acids is 2. The van der Waals surface area contributed by atoms with Crippen LogP contribution in [-0.4, -0.2) is 46.7 Å². The molecule has 166 valence electrons. The Morgan fingerprint density at radius 3 is 2.23 bits per heavy atom. The minimum absolute atomic E-state index is 0.00866. The Hall–Kier alpha value is -3.62. The van der Waals surface area contributed by atoms with Crippen LogP contribution in [0.4, 0.5) is 4.79 Å². The van der Waals surface area contributed by atoms with Gasteiger partial charge in [-0.15, -0.1) is 0 Å². The van der Waals surface area contributed by atoms with Crippen LogP contribution in [0.15, 0.2) is 36.7 Å². The molecule has 0 fully saturated rings. The molecule has 0 unspecified atom stereocenters. The molecule has 2 aromatic rings. The van der Waals surface area contributed by atoms with E-state index in [0.717, 1.165) is 5.56 Å². The molecule has 0 aliphatic carbocycles. The van der Waals surface area contributed by atoms with Gasteiger partial charge in [0.25, 0.3) is 5.91 Å². The lowest BCUT2D eigenvalue weighted by atomic mass is 10.0. The molecule has 31 heavy (non-hydrogen) atoms. The monoisotopic (exact) mass is 428 g/mol.